The zero-order chi connectivity index (χ0) is 12.5. The van der Waals surface area contributed by atoms with Gasteiger partial charge in [0, 0.05) is 6.42 Å². The smallest absolute Gasteiger partial charge is 0.234 e. The summed E-state index contributed by atoms with van der Waals surface area (Å²) in [6.45, 7) is 2.82. The van der Waals surface area contributed by atoms with Gasteiger partial charge < -0.3 is 0 Å². The molecule has 0 aromatic heterocycles. The molecule has 0 aliphatic rings. The Morgan fingerprint density at radius 3 is 1.67 bits per heavy atom. The van der Waals surface area contributed by atoms with E-state index in [2.05, 4.69) is 6.58 Å². The molecule has 90 valence electrons. The van der Waals surface area contributed by atoms with Gasteiger partial charge in [0.2, 0.25) is 5.67 Å². The van der Waals surface area contributed by atoms with Gasteiger partial charge in [0.1, 0.15) is 0 Å². The molecule has 2 unspecified atom stereocenters. The van der Waals surface area contributed by atoms with Crippen molar-refractivity contribution >= 4 is 0 Å². The standard InChI is InChI=1S/C8H9F7/c1-3-5(7(10,11)12)4-6(2,9)8(13,14)15/h3,5H,1,4H2,2H3. The first-order valence-corrected chi connectivity index (χ1v) is 3.86. The molecule has 0 aliphatic carbocycles. The van der Waals surface area contributed by atoms with E-state index in [-0.39, 0.29) is 13.0 Å². The van der Waals surface area contributed by atoms with Crippen molar-refractivity contribution in [3.63, 3.8) is 0 Å². The predicted molar refractivity (Wildman–Crippen MR) is 39.9 cm³/mol. The third kappa shape index (κ3) is 3.71. The second-order valence-electron chi connectivity index (χ2n) is 3.28. The monoisotopic (exact) mass is 238 g/mol. The highest BCUT2D eigenvalue weighted by Gasteiger charge is 2.55. The fourth-order valence-corrected chi connectivity index (χ4v) is 0.861. The summed E-state index contributed by atoms with van der Waals surface area (Å²) in [6, 6.07) is 0. The number of hydrogen-bond acceptors (Lipinski definition) is 0. The zero-order valence-electron chi connectivity index (χ0n) is 7.71. The maximum Gasteiger partial charge on any atom is 0.422 e. The number of allylic oxidation sites excluding steroid dienone is 1. The van der Waals surface area contributed by atoms with E-state index in [4.69, 9.17) is 0 Å². The van der Waals surface area contributed by atoms with Gasteiger partial charge in [-0.05, 0) is 6.92 Å². The molecule has 0 amide bonds. The molecular weight excluding hydrogens is 229 g/mol. The van der Waals surface area contributed by atoms with Crippen LogP contribution in [0.25, 0.3) is 0 Å². The summed E-state index contributed by atoms with van der Waals surface area (Å²) in [5.74, 6) is -2.51. The Morgan fingerprint density at radius 2 is 1.47 bits per heavy atom. The van der Waals surface area contributed by atoms with E-state index in [1.54, 1.807) is 0 Å². The van der Waals surface area contributed by atoms with Crippen molar-refractivity contribution < 1.29 is 30.7 Å². The van der Waals surface area contributed by atoms with Crippen LogP contribution in [0.1, 0.15) is 13.3 Å². The van der Waals surface area contributed by atoms with Crippen LogP contribution in [0.3, 0.4) is 0 Å². The highest BCUT2D eigenvalue weighted by atomic mass is 19.4. The number of hydrogen-bond donors (Lipinski definition) is 0. The van der Waals surface area contributed by atoms with Crippen LogP contribution >= 0.6 is 0 Å². The van der Waals surface area contributed by atoms with Crippen molar-refractivity contribution in [2.24, 2.45) is 5.92 Å². The van der Waals surface area contributed by atoms with Crippen molar-refractivity contribution in [3.8, 4) is 0 Å². The molecule has 0 aromatic carbocycles. The van der Waals surface area contributed by atoms with Gasteiger partial charge in [-0.25, -0.2) is 4.39 Å². The molecule has 0 fully saturated rings. The average Bonchev–Trinajstić information content (AvgIpc) is 1.95. The van der Waals surface area contributed by atoms with E-state index >= 15 is 0 Å². The van der Waals surface area contributed by atoms with Crippen LogP contribution in [0.15, 0.2) is 12.7 Å². The summed E-state index contributed by atoms with van der Waals surface area (Å²) in [7, 11) is 0. The summed E-state index contributed by atoms with van der Waals surface area (Å²) >= 11 is 0. The first-order chi connectivity index (χ1) is 6.42. The molecule has 2 atom stereocenters. The first-order valence-electron chi connectivity index (χ1n) is 3.86. The number of rotatable bonds is 3. The van der Waals surface area contributed by atoms with Gasteiger partial charge in [0.25, 0.3) is 0 Å². The molecule has 0 bridgehead atoms. The summed E-state index contributed by atoms with van der Waals surface area (Å²) in [6.07, 6.45) is -11.7. The average molecular weight is 238 g/mol. The van der Waals surface area contributed by atoms with Crippen LogP contribution in [-0.2, 0) is 0 Å². The van der Waals surface area contributed by atoms with Gasteiger partial charge in [-0.15, -0.1) is 6.58 Å². The molecule has 0 aromatic rings. The SMILES string of the molecule is C=CC(CC(C)(F)C(F)(F)F)C(F)(F)F. The van der Waals surface area contributed by atoms with Gasteiger partial charge >= 0.3 is 12.4 Å². The lowest BCUT2D eigenvalue weighted by Gasteiger charge is -2.27. The maximum atomic E-state index is 12.9. The Balaban J connectivity index is 4.78. The largest absolute Gasteiger partial charge is 0.422 e. The summed E-state index contributed by atoms with van der Waals surface area (Å²) < 4.78 is 84.8. The van der Waals surface area contributed by atoms with E-state index in [1.165, 1.54) is 0 Å². The minimum absolute atomic E-state index is 0.0786. The van der Waals surface area contributed by atoms with Gasteiger partial charge in [-0.1, -0.05) is 6.08 Å². The van der Waals surface area contributed by atoms with Crippen molar-refractivity contribution in [1.29, 1.82) is 0 Å². The van der Waals surface area contributed by atoms with Crippen molar-refractivity contribution in [3.05, 3.63) is 12.7 Å². The fourth-order valence-electron chi connectivity index (χ4n) is 0.861. The lowest BCUT2D eigenvalue weighted by molar-refractivity contribution is -0.242. The zero-order valence-corrected chi connectivity index (χ0v) is 7.71. The molecule has 15 heavy (non-hydrogen) atoms. The number of alkyl halides is 7. The van der Waals surface area contributed by atoms with Gasteiger partial charge in [0.15, 0.2) is 0 Å². The molecule has 0 radical (unpaired) electrons. The van der Waals surface area contributed by atoms with E-state index in [0.29, 0.717) is 0 Å². The summed E-state index contributed by atoms with van der Waals surface area (Å²) in [5.41, 5.74) is -3.87. The lowest BCUT2D eigenvalue weighted by Crippen LogP contribution is -2.41. The van der Waals surface area contributed by atoms with E-state index < -0.39 is 30.4 Å². The van der Waals surface area contributed by atoms with Gasteiger partial charge in [-0.3, -0.25) is 0 Å². The third-order valence-corrected chi connectivity index (χ3v) is 1.90. The van der Waals surface area contributed by atoms with E-state index in [1.807, 2.05) is 0 Å². The lowest BCUT2D eigenvalue weighted by atomic mass is 9.92. The molecule has 0 spiro atoms. The second kappa shape index (κ2) is 4.02. The van der Waals surface area contributed by atoms with Crippen LogP contribution in [0.5, 0.6) is 0 Å². The normalized spacial score (nSPS) is 19.5. The van der Waals surface area contributed by atoms with Crippen molar-refractivity contribution in [2.75, 3.05) is 0 Å². The molecule has 0 N–H and O–H groups in total. The Kier molecular flexibility index (Phi) is 3.82. The molecule has 0 saturated heterocycles. The Hall–Kier alpha value is -0.750. The second-order valence-corrected chi connectivity index (χ2v) is 3.28. The van der Waals surface area contributed by atoms with Crippen LogP contribution in [0.4, 0.5) is 30.7 Å². The summed E-state index contributed by atoms with van der Waals surface area (Å²) in [4.78, 5) is 0. The molecular formula is C8H9F7. The fraction of sp³-hybridized carbons (Fsp3) is 0.750. The molecule has 0 rings (SSSR count). The van der Waals surface area contributed by atoms with Gasteiger partial charge in [0.05, 0.1) is 5.92 Å². The predicted octanol–water partition coefficient (Wildman–Crippen LogP) is 4.03. The van der Waals surface area contributed by atoms with Crippen LogP contribution in [0.2, 0.25) is 0 Å². The highest BCUT2D eigenvalue weighted by Crippen LogP contribution is 2.42. The van der Waals surface area contributed by atoms with E-state index in [0.717, 1.165) is 0 Å². The minimum Gasteiger partial charge on any atom is -0.234 e. The van der Waals surface area contributed by atoms with Gasteiger partial charge in [-0.2, -0.15) is 26.3 Å². The highest BCUT2D eigenvalue weighted by molar-refractivity contribution is 4.93. The van der Waals surface area contributed by atoms with Crippen molar-refractivity contribution in [1.82, 2.24) is 0 Å². The Bertz CT molecular complexity index is 222. The molecule has 7 heteroatoms. The maximum absolute atomic E-state index is 12.9. The molecule has 0 heterocycles. The Labute approximate surface area is 81.8 Å². The molecule has 0 saturated carbocycles. The van der Waals surface area contributed by atoms with Crippen LogP contribution in [0, 0.1) is 5.92 Å². The first kappa shape index (κ1) is 14.2. The Morgan fingerprint density at radius 1 is 1.07 bits per heavy atom. The van der Waals surface area contributed by atoms with Crippen LogP contribution < -0.4 is 0 Å². The van der Waals surface area contributed by atoms with Crippen molar-refractivity contribution in [2.45, 2.75) is 31.4 Å². The van der Waals surface area contributed by atoms with E-state index in [9.17, 15) is 30.7 Å². The topological polar surface area (TPSA) is 0 Å². The van der Waals surface area contributed by atoms with Crippen LogP contribution in [-0.4, -0.2) is 18.0 Å². The quantitative estimate of drug-likeness (QED) is 0.514. The molecule has 0 aliphatic heterocycles. The molecule has 0 nitrogen and oxygen atoms in total. The number of halogens is 7. The minimum atomic E-state index is -5.32. The third-order valence-electron chi connectivity index (χ3n) is 1.90. The summed E-state index contributed by atoms with van der Waals surface area (Å²) in [5, 5.41) is 0.